The molecule has 0 aromatic rings. The van der Waals surface area contributed by atoms with E-state index in [2.05, 4.69) is 17.6 Å². The van der Waals surface area contributed by atoms with Gasteiger partial charge < -0.3 is 10.6 Å². The van der Waals surface area contributed by atoms with E-state index in [4.69, 9.17) is 0 Å². The second kappa shape index (κ2) is 4.49. The van der Waals surface area contributed by atoms with E-state index in [1.807, 2.05) is 0 Å². The molecule has 1 aliphatic rings. The molecule has 0 aromatic carbocycles. The molecule has 0 spiro atoms. The van der Waals surface area contributed by atoms with Crippen LogP contribution in [0.25, 0.3) is 0 Å². The summed E-state index contributed by atoms with van der Waals surface area (Å²) in [5, 5.41) is 5.61. The topological polar surface area (TPSA) is 24.1 Å². The van der Waals surface area contributed by atoms with Crippen molar-refractivity contribution in [3.8, 4) is 0 Å². The fraction of sp³-hybridized carbons (Fsp3) is 1.00. The van der Waals surface area contributed by atoms with E-state index in [0.717, 1.165) is 12.8 Å². The molecule has 0 amide bonds. The summed E-state index contributed by atoms with van der Waals surface area (Å²) in [6, 6.07) is 0. The normalized spacial score (nSPS) is 20.6. The predicted molar refractivity (Wildman–Crippen MR) is 49.2 cm³/mol. The zero-order valence-electron chi connectivity index (χ0n) is 8.38. The van der Waals surface area contributed by atoms with Crippen LogP contribution in [0.2, 0.25) is 0 Å². The van der Waals surface area contributed by atoms with Gasteiger partial charge in [-0.25, -0.2) is 0 Å². The summed E-state index contributed by atoms with van der Waals surface area (Å²) in [6.07, 6.45) is -0.613. The average Bonchev–Trinajstić information content (AvgIpc) is 1.98. The lowest BCUT2D eigenvalue weighted by Crippen LogP contribution is -2.50. The van der Waals surface area contributed by atoms with Gasteiger partial charge in [-0.05, 0) is 26.2 Å². The molecule has 0 saturated heterocycles. The van der Waals surface area contributed by atoms with E-state index in [-0.39, 0.29) is 5.54 Å². The Morgan fingerprint density at radius 1 is 1.21 bits per heavy atom. The molecule has 14 heavy (non-hydrogen) atoms. The van der Waals surface area contributed by atoms with Crippen LogP contribution in [0.3, 0.4) is 0 Å². The Balaban J connectivity index is 1.94. The Morgan fingerprint density at radius 3 is 2.29 bits per heavy atom. The van der Waals surface area contributed by atoms with Crippen LogP contribution in [0.5, 0.6) is 0 Å². The zero-order valence-corrected chi connectivity index (χ0v) is 8.38. The fourth-order valence-corrected chi connectivity index (χ4v) is 1.57. The van der Waals surface area contributed by atoms with Gasteiger partial charge in [-0.15, -0.1) is 0 Å². The van der Waals surface area contributed by atoms with Crippen LogP contribution in [-0.2, 0) is 0 Å². The molecule has 0 bridgehead atoms. The highest BCUT2D eigenvalue weighted by atomic mass is 19.4. The third-order valence-corrected chi connectivity index (χ3v) is 2.64. The maximum absolute atomic E-state index is 11.7. The second-order valence-electron chi connectivity index (χ2n) is 4.13. The van der Waals surface area contributed by atoms with Crippen LogP contribution in [0.1, 0.15) is 26.2 Å². The third kappa shape index (κ3) is 4.28. The molecule has 0 heterocycles. The Bertz CT molecular complexity index is 175. The molecule has 2 N–H and O–H groups in total. The first-order valence-electron chi connectivity index (χ1n) is 4.94. The number of alkyl halides is 3. The first kappa shape index (κ1) is 11.8. The smallest absolute Gasteiger partial charge is 0.310 e. The molecule has 1 aliphatic carbocycles. The summed E-state index contributed by atoms with van der Waals surface area (Å²) in [5.74, 6) is 0. The van der Waals surface area contributed by atoms with Crippen LogP contribution >= 0.6 is 0 Å². The quantitative estimate of drug-likeness (QED) is 0.674. The Hall–Kier alpha value is -0.290. The van der Waals surface area contributed by atoms with Crippen LogP contribution in [-0.4, -0.2) is 31.3 Å². The molecule has 0 atom stereocenters. The number of hydrogen-bond acceptors (Lipinski definition) is 2. The predicted octanol–water partition coefficient (Wildman–Crippen LogP) is 1.67. The summed E-state index contributed by atoms with van der Waals surface area (Å²) in [4.78, 5) is 0. The van der Waals surface area contributed by atoms with Crippen molar-refractivity contribution in [3.05, 3.63) is 0 Å². The Morgan fingerprint density at radius 2 is 1.86 bits per heavy atom. The van der Waals surface area contributed by atoms with Crippen molar-refractivity contribution >= 4 is 0 Å². The number of halogens is 3. The maximum atomic E-state index is 11.7. The van der Waals surface area contributed by atoms with Gasteiger partial charge in [0.2, 0.25) is 0 Å². The largest absolute Gasteiger partial charge is 0.401 e. The van der Waals surface area contributed by atoms with Crippen molar-refractivity contribution in [1.29, 1.82) is 0 Å². The van der Waals surface area contributed by atoms with E-state index in [0.29, 0.717) is 13.1 Å². The van der Waals surface area contributed by atoms with E-state index in [9.17, 15) is 13.2 Å². The molecule has 0 radical (unpaired) electrons. The summed E-state index contributed by atoms with van der Waals surface area (Å²) in [6.45, 7) is 2.19. The minimum Gasteiger partial charge on any atom is -0.310 e. The van der Waals surface area contributed by atoms with Crippen molar-refractivity contribution < 1.29 is 13.2 Å². The van der Waals surface area contributed by atoms with Crippen molar-refractivity contribution in [1.82, 2.24) is 10.6 Å². The molecule has 0 aromatic heterocycles. The first-order valence-corrected chi connectivity index (χ1v) is 4.94. The van der Waals surface area contributed by atoms with Crippen molar-refractivity contribution in [3.63, 3.8) is 0 Å². The van der Waals surface area contributed by atoms with Crippen molar-refractivity contribution in [2.75, 3.05) is 19.6 Å². The first-order chi connectivity index (χ1) is 6.41. The monoisotopic (exact) mass is 210 g/mol. The molecular formula is C9H17F3N2. The molecule has 1 fully saturated rings. The fourth-order valence-electron chi connectivity index (χ4n) is 1.57. The average molecular weight is 210 g/mol. The molecule has 1 saturated carbocycles. The van der Waals surface area contributed by atoms with Gasteiger partial charge in [0.15, 0.2) is 0 Å². The van der Waals surface area contributed by atoms with E-state index < -0.39 is 12.7 Å². The van der Waals surface area contributed by atoms with E-state index in [1.165, 1.54) is 6.42 Å². The van der Waals surface area contributed by atoms with Gasteiger partial charge in [0.25, 0.3) is 0 Å². The SMILES string of the molecule is CC1(NCCNCC(F)(F)F)CCC1. The third-order valence-electron chi connectivity index (χ3n) is 2.64. The maximum Gasteiger partial charge on any atom is 0.401 e. The number of hydrogen-bond donors (Lipinski definition) is 2. The van der Waals surface area contributed by atoms with E-state index >= 15 is 0 Å². The molecule has 1 rings (SSSR count). The minimum atomic E-state index is -4.10. The highest BCUT2D eigenvalue weighted by Gasteiger charge is 2.30. The van der Waals surface area contributed by atoms with Gasteiger partial charge in [-0.3, -0.25) is 0 Å². The van der Waals surface area contributed by atoms with Gasteiger partial charge in [0, 0.05) is 18.6 Å². The molecule has 0 unspecified atom stereocenters. The summed E-state index contributed by atoms with van der Waals surface area (Å²) < 4.78 is 35.1. The van der Waals surface area contributed by atoms with Crippen molar-refractivity contribution in [2.24, 2.45) is 0 Å². The van der Waals surface area contributed by atoms with Crippen LogP contribution in [0.4, 0.5) is 13.2 Å². The number of nitrogens with one attached hydrogen (secondary N) is 2. The standard InChI is InChI=1S/C9H17F3N2/c1-8(3-2-4-8)14-6-5-13-7-9(10,11)12/h13-14H,2-7H2,1H3. The van der Waals surface area contributed by atoms with Crippen LogP contribution < -0.4 is 10.6 Å². The Labute approximate surface area is 82.2 Å². The van der Waals surface area contributed by atoms with Gasteiger partial charge in [-0.1, -0.05) is 0 Å². The van der Waals surface area contributed by atoms with Gasteiger partial charge in [-0.2, -0.15) is 13.2 Å². The van der Waals surface area contributed by atoms with Crippen LogP contribution in [0, 0.1) is 0 Å². The second-order valence-corrected chi connectivity index (χ2v) is 4.13. The van der Waals surface area contributed by atoms with E-state index in [1.54, 1.807) is 0 Å². The van der Waals surface area contributed by atoms with Gasteiger partial charge >= 0.3 is 6.18 Å². The molecule has 84 valence electrons. The lowest BCUT2D eigenvalue weighted by atomic mass is 9.78. The van der Waals surface area contributed by atoms with Gasteiger partial charge in [0.1, 0.15) is 0 Å². The lowest BCUT2D eigenvalue weighted by Gasteiger charge is -2.39. The molecule has 5 heteroatoms. The number of rotatable bonds is 5. The molecule has 2 nitrogen and oxygen atoms in total. The minimum absolute atomic E-state index is 0.180. The molecule has 0 aliphatic heterocycles. The lowest BCUT2D eigenvalue weighted by molar-refractivity contribution is -0.124. The Kier molecular flexibility index (Phi) is 3.78. The van der Waals surface area contributed by atoms with Crippen LogP contribution in [0.15, 0.2) is 0 Å². The summed E-state index contributed by atoms with van der Waals surface area (Å²) >= 11 is 0. The molecular weight excluding hydrogens is 193 g/mol. The summed E-state index contributed by atoms with van der Waals surface area (Å²) in [7, 11) is 0. The zero-order chi connectivity index (χ0) is 10.7. The highest BCUT2D eigenvalue weighted by molar-refractivity contribution is 4.91. The van der Waals surface area contributed by atoms with Gasteiger partial charge in [0.05, 0.1) is 6.54 Å². The van der Waals surface area contributed by atoms with Crippen molar-refractivity contribution in [2.45, 2.75) is 37.9 Å². The summed E-state index contributed by atoms with van der Waals surface area (Å²) in [5.41, 5.74) is 0.180. The highest BCUT2D eigenvalue weighted by Crippen LogP contribution is 2.30.